The van der Waals surface area contributed by atoms with Crippen molar-refractivity contribution in [3.05, 3.63) is 34.9 Å². The highest BCUT2D eigenvalue weighted by Crippen LogP contribution is 2.32. The van der Waals surface area contributed by atoms with Crippen LogP contribution in [-0.4, -0.2) is 65.3 Å². The first-order chi connectivity index (χ1) is 17.9. The van der Waals surface area contributed by atoms with Crippen LogP contribution in [-0.2, 0) is 20.8 Å². The molecule has 4 rings (SSSR count). The summed E-state index contributed by atoms with van der Waals surface area (Å²) in [6.07, 6.45) is 12.5. The number of hydrogen-bond donors (Lipinski definition) is 2. The number of likely N-dealkylation sites (tertiary alicyclic amines) is 1. The standard InChI is InChI=1S/C29H43ClN4O3/c30-23-12-10-22(11-13-23)18-26(32-27(35)14-16-31)29(37)33-17-15-25(20-33)34(24-8-2-1-3-9-24)28(36)19-21-6-4-5-7-21/h10-13,21,24-26H,1-9,14-20,31H2,(H,32,35)/t25-,26+/m0/s1. The number of carbonyl (C=O) groups is 3. The van der Waals surface area contributed by atoms with Gasteiger partial charge in [0, 0.05) is 50.0 Å². The zero-order chi connectivity index (χ0) is 26.2. The van der Waals surface area contributed by atoms with Crippen molar-refractivity contribution in [2.75, 3.05) is 19.6 Å². The predicted octanol–water partition coefficient (Wildman–Crippen LogP) is 4.06. The van der Waals surface area contributed by atoms with Crippen LogP contribution in [0.2, 0.25) is 5.02 Å². The van der Waals surface area contributed by atoms with Gasteiger partial charge in [0.25, 0.3) is 0 Å². The topological polar surface area (TPSA) is 95.7 Å². The lowest BCUT2D eigenvalue weighted by atomic mass is 9.91. The zero-order valence-corrected chi connectivity index (χ0v) is 22.8. The molecule has 204 valence electrons. The number of amides is 3. The predicted molar refractivity (Wildman–Crippen MR) is 146 cm³/mol. The number of benzene rings is 1. The molecule has 0 unspecified atom stereocenters. The van der Waals surface area contributed by atoms with Crippen molar-refractivity contribution in [1.82, 2.24) is 15.1 Å². The van der Waals surface area contributed by atoms with Crippen LogP contribution in [0.4, 0.5) is 0 Å². The van der Waals surface area contributed by atoms with E-state index in [-0.39, 0.29) is 42.8 Å². The van der Waals surface area contributed by atoms with Crippen LogP contribution in [0.25, 0.3) is 0 Å². The zero-order valence-electron chi connectivity index (χ0n) is 22.0. The highest BCUT2D eigenvalue weighted by molar-refractivity contribution is 6.30. The number of hydrogen-bond acceptors (Lipinski definition) is 4. The molecule has 2 saturated carbocycles. The molecule has 8 heteroatoms. The molecule has 0 aromatic heterocycles. The van der Waals surface area contributed by atoms with E-state index < -0.39 is 6.04 Å². The van der Waals surface area contributed by atoms with Crippen LogP contribution in [0.1, 0.15) is 82.6 Å². The van der Waals surface area contributed by atoms with Gasteiger partial charge in [0.15, 0.2) is 0 Å². The summed E-state index contributed by atoms with van der Waals surface area (Å²) >= 11 is 6.04. The average molecular weight is 531 g/mol. The van der Waals surface area contributed by atoms with E-state index in [1.165, 1.54) is 32.1 Å². The summed E-state index contributed by atoms with van der Waals surface area (Å²) in [7, 11) is 0. The molecule has 2 aliphatic carbocycles. The summed E-state index contributed by atoms with van der Waals surface area (Å²) in [6, 6.07) is 7.03. The molecule has 3 aliphatic rings. The maximum atomic E-state index is 13.7. The van der Waals surface area contributed by atoms with E-state index >= 15 is 0 Å². The minimum absolute atomic E-state index is 0.0527. The monoisotopic (exact) mass is 530 g/mol. The molecule has 2 atom stereocenters. The van der Waals surface area contributed by atoms with Gasteiger partial charge in [-0.3, -0.25) is 14.4 Å². The van der Waals surface area contributed by atoms with E-state index in [9.17, 15) is 14.4 Å². The van der Waals surface area contributed by atoms with Crippen molar-refractivity contribution in [3.63, 3.8) is 0 Å². The van der Waals surface area contributed by atoms with Crippen molar-refractivity contribution in [1.29, 1.82) is 0 Å². The van der Waals surface area contributed by atoms with Gasteiger partial charge in [0.1, 0.15) is 6.04 Å². The SMILES string of the molecule is NCCC(=O)N[C@H](Cc1ccc(Cl)cc1)C(=O)N1CC[C@H](N(C(=O)CC2CCCC2)C2CCCCC2)C1. The summed E-state index contributed by atoms with van der Waals surface area (Å²) in [5.74, 6) is 0.488. The van der Waals surface area contributed by atoms with Crippen LogP contribution in [0.5, 0.6) is 0 Å². The van der Waals surface area contributed by atoms with E-state index in [1.54, 1.807) is 12.1 Å². The summed E-state index contributed by atoms with van der Waals surface area (Å²) in [5.41, 5.74) is 6.51. The highest BCUT2D eigenvalue weighted by Gasteiger charge is 2.39. The lowest BCUT2D eigenvalue weighted by molar-refractivity contribution is -0.139. The fourth-order valence-corrected chi connectivity index (χ4v) is 6.60. The molecule has 37 heavy (non-hydrogen) atoms. The number of nitrogens with one attached hydrogen (secondary N) is 1. The second-order valence-electron chi connectivity index (χ2n) is 11.2. The van der Waals surface area contributed by atoms with Crippen LogP contribution in [0, 0.1) is 5.92 Å². The minimum Gasteiger partial charge on any atom is -0.344 e. The molecule has 3 N–H and O–H groups in total. The fraction of sp³-hybridized carbons (Fsp3) is 0.690. The molecule has 3 fully saturated rings. The van der Waals surface area contributed by atoms with E-state index in [2.05, 4.69) is 10.2 Å². The second kappa shape index (κ2) is 13.6. The Morgan fingerprint density at radius 2 is 1.65 bits per heavy atom. The molecule has 1 aromatic carbocycles. The van der Waals surface area contributed by atoms with Gasteiger partial charge in [-0.1, -0.05) is 55.8 Å². The average Bonchev–Trinajstić information content (AvgIpc) is 3.58. The van der Waals surface area contributed by atoms with Crippen LogP contribution < -0.4 is 11.1 Å². The molecule has 3 amide bonds. The normalized spacial score (nSPS) is 21.7. The van der Waals surface area contributed by atoms with Crippen molar-refractivity contribution in [3.8, 4) is 0 Å². The quantitative estimate of drug-likeness (QED) is 0.477. The van der Waals surface area contributed by atoms with Gasteiger partial charge in [-0.05, 0) is 55.7 Å². The maximum Gasteiger partial charge on any atom is 0.245 e. The van der Waals surface area contributed by atoms with Crippen LogP contribution in [0.3, 0.4) is 0 Å². The first kappa shape index (κ1) is 27.9. The largest absolute Gasteiger partial charge is 0.344 e. The third-order valence-corrected chi connectivity index (χ3v) is 8.67. The Kier molecular flexibility index (Phi) is 10.3. The van der Waals surface area contributed by atoms with Gasteiger partial charge >= 0.3 is 0 Å². The molecule has 0 radical (unpaired) electrons. The van der Waals surface area contributed by atoms with E-state index in [0.29, 0.717) is 36.9 Å². The third kappa shape index (κ3) is 7.70. The molecule has 0 spiro atoms. The molecule has 1 aromatic rings. The third-order valence-electron chi connectivity index (χ3n) is 8.42. The lowest BCUT2D eigenvalue weighted by Gasteiger charge is -2.39. The Hall–Kier alpha value is -2.12. The fourth-order valence-electron chi connectivity index (χ4n) is 6.47. The van der Waals surface area contributed by atoms with Gasteiger partial charge < -0.3 is 20.9 Å². The minimum atomic E-state index is -0.670. The molecule has 0 bridgehead atoms. The van der Waals surface area contributed by atoms with Gasteiger partial charge in [0.2, 0.25) is 17.7 Å². The Balaban J connectivity index is 1.45. The Labute approximate surface area is 226 Å². The summed E-state index contributed by atoms with van der Waals surface area (Å²) in [4.78, 5) is 43.8. The summed E-state index contributed by atoms with van der Waals surface area (Å²) in [5, 5.41) is 3.54. The Bertz CT molecular complexity index is 912. The first-order valence-electron chi connectivity index (χ1n) is 14.3. The first-order valence-corrected chi connectivity index (χ1v) is 14.7. The number of halogens is 1. The van der Waals surface area contributed by atoms with Crippen molar-refractivity contribution >= 4 is 29.3 Å². The number of carbonyl (C=O) groups excluding carboxylic acids is 3. The van der Waals surface area contributed by atoms with Gasteiger partial charge in [0.05, 0.1) is 6.04 Å². The van der Waals surface area contributed by atoms with E-state index in [4.69, 9.17) is 17.3 Å². The van der Waals surface area contributed by atoms with E-state index in [0.717, 1.165) is 37.7 Å². The van der Waals surface area contributed by atoms with E-state index in [1.807, 2.05) is 17.0 Å². The van der Waals surface area contributed by atoms with Crippen molar-refractivity contribution in [2.24, 2.45) is 11.7 Å². The molecule has 7 nitrogen and oxygen atoms in total. The lowest BCUT2D eigenvalue weighted by Crippen LogP contribution is -2.52. The maximum absolute atomic E-state index is 13.7. The molecular formula is C29H43ClN4O3. The highest BCUT2D eigenvalue weighted by atomic mass is 35.5. The smallest absolute Gasteiger partial charge is 0.245 e. The van der Waals surface area contributed by atoms with Crippen molar-refractivity contribution in [2.45, 2.75) is 102 Å². The second-order valence-corrected chi connectivity index (χ2v) is 11.6. The number of nitrogens with zero attached hydrogens (tertiary/aromatic N) is 2. The molecule has 1 heterocycles. The van der Waals surface area contributed by atoms with Gasteiger partial charge in [-0.25, -0.2) is 0 Å². The summed E-state index contributed by atoms with van der Waals surface area (Å²) < 4.78 is 0. The van der Waals surface area contributed by atoms with Gasteiger partial charge in [-0.15, -0.1) is 0 Å². The summed E-state index contributed by atoms with van der Waals surface area (Å²) in [6.45, 7) is 1.38. The van der Waals surface area contributed by atoms with Crippen molar-refractivity contribution < 1.29 is 14.4 Å². The van der Waals surface area contributed by atoms with Crippen LogP contribution >= 0.6 is 11.6 Å². The number of nitrogens with two attached hydrogens (primary N) is 1. The molecule has 1 aliphatic heterocycles. The van der Waals surface area contributed by atoms with Gasteiger partial charge in [-0.2, -0.15) is 0 Å². The molecular weight excluding hydrogens is 488 g/mol. The Morgan fingerprint density at radius 1 is 0.973 bits per heavy atom. The Morgan fingerprint density at radius 3 is 2.32 bits per heavy atom. The number of rotatable bonds is 10. The molecule has 1 saturated heterocycles. The van der Waals surface area contributed by atoms with Crippen LogP contribution in [0.15, 0.2) is 24.3 Å².